The number of amides is 2. The lowest BCUT2D eigenvalue weighted by molar-refractivity contribution is -0.114. The van der Waals surface area contributed by atoms with Gasteiger partial charge in [-0.25, -0.2) is 9.18 Å². The summed E-state index contributed by atoms with van der Waals surface area (Å²) in [5.41, 5.74) is 6.54. The van der Waals surface area contributed by atoms with Crippen molar-refractivity contribution in [2.75, 3.05) is 26.7 Å². The molecule has 3 aliphatic rings. The number of aryl methyl sites for hydroxylation is 3. The lowest BCUT2D eigenvalue weighted by atomic mass is 9.78. The van der Waals surface area contributed by atoms with Crippen LogP contribution in [0.5, 0.6) is 0 Å². The summed E-state index contributed by atoms with van der Waals surface area (Å²) >= 11 is 0. The Balaban J connectivity index is 1.47. The molecule has 37 heavy (non-hydrogen) atoms. The highest BCUT2D eigenvalue weighted by Gasteiger charge is 2.47. The number of hydrogen-bond donors (Lipinski definition) is 0. The molecule has 6 heteroatoms. The molecule has 2 aliphatic heterocycles. The van der Waals surface area contributed by atoms with Crippen LogP contribution in [0.25, 0.3) is 0 Å². The highest BCUT2D eigenvalue weighted by atomic mass is 19.1. The van der Waals surface area contributed by atoms with E-state index in [2.05, 4.69) is 43.9 Å². The zero-order valence-electron chi connectivity index (χ0n) is 22.6. The molecule has 0 aromatic heterocycles. The minimum Gasteiger partial charge on any atom is -0.374 e. The number of carbonyl (C=O) groups is 2. The Kier molecular flexibility index (Phi) is 6.86. The van der Waals surface area contributed by atoms with Gasteiger partial charge < -0.3 is 14.7 Å². The van der Waals surface area contributed by atoms with Gasteiger partial charge in [-0.15, -0.1) is 0 Å². The van der Waals surface area contributed by atoms with Crippen molar-refractivity contribution in [1.29, 1.82) is 0 Å². The highest BCUT2D eigenvalue weighted by Crippen LogP contribution is 2.46. The molecule has 1 unspecified atom stereocenters. The van der Waals surface area contributed by atoms with Crippen molar-refractivity contribution in [2.24, 2.45) is 11.8 Å². The van der Waals surface area contributed by atoms with Crippen LogP contribution in [0.2, 0.25) is 0 Å². The van der Waals surface area contributed by atoms with Crippen molar-refractivity contribution in [3.63, 3.8) is 0 Å². The molecule has 2 fully saturated rings. The first-order chi connectivity index (χ1) is 17.6. The third-order valence-corrected chi connectivity index (χ3v) is 8.74. The molecular formula is C31H38FN3O2. The van der Waals surface area contributed by atoms with Gasteiger partial charge in [0.1, 0.15) is 5.82 Å². The number of fused-ring (bicyclic) bond motifs is 1. The summed E-state index contributed by atoms with van der Waals surface area (Å²) in [6, 6.07) is 11.2. The van der Waals surface area contributed by atoms with Crippen molar-refractivity contribution in [3.05, 3.63) is 81.8 Å². The summed E-state index contributed by atoms with van der Waals surface area (Å²) in [6.45, 7) is 10.6. The Morgan fingerprint density at radius 3 is 2.43 bits per heavy atom. The van der Waals surface area contributed by atoms with Gasteiger partial charge >= 0.3 is 6.03 Å². The van der Waals surface area contributed by atoms with E-state index in [0.29, 0.717) is 18.9 Å². The van der Waals surface area contributed by atoms with Gasteiger partial charge in [0.2, 0.25) is 0 Å². The fourth-order valence-electron chi connectivity index (χ4n) is 6.73. The van der Waals surface area contributed by atoms with Crippen molar-refractivity contribution in [2.45, 2.75) is 59.0 Å². The second-order valence-corrected chi connectivity index (χ2v) is 11.3. The van der Waals surface area contributed by atoms with E-state index in [9.17, 15) is 14.0 Å². The Morgan fingerprint density at radius 1 is 1.05 bits per heavy atom. The number of rotatable bonds is 4. The lowest BCUT2D eigenvalue weighted by Crippen LogP contribution is -2.51. The summed E-state index contributed by atoms with van der Waals surface area (Å²) < 4.78 is 14.1. The number of likely N-dealkylation sites (tertiary alicyclic amines) is 2. The van der Waals surface area contributed by atoms with E-state index in [1.807, 2.05) is 29.8 Å². The van der Waals surface area contributed by atoms with Crippen molar-refractivity contribution in [1.82, 2.24) is 14.7 Å². The van der Waals surface area contributed by atoms with Crippen LogP contribution in [-0.2, 0) is 4.79 Å². The number of hydrogen-bond acceptors (Lipinski definition) is 3. The SMILES string of the molecule is Cc1cc(C)cc([C@@H](C)N(C)C(=O)N2CC[C@@H]3CN(C4=CC(=O)CC4)CC3[C@@H]2c2ccc(F)cc2C)c1. The van der Waals surface area contributed by atoms with Gasteiger partial charge in [-0.05, 0) is 75.3 Å². The zero-order chi connectivity index (χ0) is 26.4. The van der Waals surface area contributed by atoms with Crippen LogP contribution in [-0.4, -0.2) is 53.2 Å². The lowest BCUT2D eigenvalue weighted by Gasteiger charge is -2.45. The summed E-state index contributed by atoms with van der Waals surface area (Å²) in [4.78, 5) is 32.3. The number of urea groups is 1. The predicted octanol–water partition coefficient (Wildman–Crippen LogP) is 6.11. The molecular weight excluding hydrogens is 465 g/mol. The summed E-state index contributed by atoms with van der Waals surface area (Å²) in [5.74, 6) is 0.602. The minimum atomic E-state index is -0.255. The molecule has 2 saturated heterocycles. The van der Waals surface area contributed by atoms with E-state index in [1.165, 1.54) is 17.2 Å². The van der Waals surface area contributed by atoms with Crippen LogP contribution in [0.1, 0.15) is 66.1 Å². The van der Waals surface area contributed by atoms with E-state index < -0.39 is 0 Å². The van der Waals surface area contributed by atoms with Gasteiger partial charge in [0.25, 0.3) is 0 Å². The normalized spacial score (nSPS) is 24.2. The van der Waals surface area contributed by atoms with Gasteiger partial charge in [0.05, 0.1) is 12.1 Å². The molecule has 0 radical (unpaired) electrons. The molecule has 196 valence electrons. The molecule has 4 atom stereocenters. The van der Waals surface area contributed by atoms with Crippen LogP contribution < -0.4 is 0 Å². The molecule has 2 aromatic rings. The van der Waals surface area contributed by atoms with E-state index in [4.69, 9.17) is 0 Å². The van der Waals surface area contributed by atoms with Crippen LogP contribution in [0.15, 0.2) is 48.2 Å². The fraction of sp³-hybridized carbons (Fsp3) is 0.484. The molecule has 0 bridgehead atoms. The molecule has 1 aliphatic carbocycles. The van der Waals surface area contributed by atoms with Gasteiger partial charge in [-0.3, -0.25) is 4.79 Å². The van der Waals surface area contributed by atoms with Gasteiger partial charge in [0.15, 0.2) is 5.78 Å². The molecule has 0 N–H and O–H groups in total. The standard InChI is InChI=1S/C31H38FN3O2/c1-19-12-20(2)14-24(13-19)22(4)33(5)31(37)35-11-10-23-17-34(26-7-8-27(36)16-26)18-29(23)30(35)28-9-6-25(32)15-21(28)3/h6,9,12-16,22-23,29-30H,7-8,10-11,17-18H2,1-5H3/t22-,23-,29?,30+/m1/s1. The van der Waals surface area contributed by atoms with Crippen LogP contribution in [0.3, 0.4) is 0 Å². The van der Waals surface area contributed by atoms with Crippen LogP contribution >= 0.6 is 0 Å². The topological polar surface area (TPSA) is 43.9 Å². The number of piperidine rings is 1. The second-order valence-electron chi connectivity index (χ2n) is 11.3. The van der Waals surface area contributed by atoms with E-state index >= 15 is 0 Å². The maximum absolute atomic E-state index is 14.1. The van der Waals surface area contributed by atoms with Gasteiger partial charge in [-0.1, -0.05) is 35.4 Å². The fourth-order valence-corrected chi connectivity index (χ4v) is 6.73. The largest absolute Gasteiger partial charge is 0.374 e. The number of ketones is 1. The Morgan fingerprint density at radius 2 is 1.78 bits per heavy atom. The Bertz CT molecular complexity index is 1230. The van der Waals surface area contributed by atoms with Gasteiger partial charge in [0, 0.05) is 50.8 Å². The average molecular weight is 504 g/mol. The van der Waals surface area contributed by atoms with Crippen molar-refractivity contribution < 1.29 is 14.0 Å². The number of nitrogens with zero attached hydrogens (tertiary/aromatic N) is 3. The molecule has 2 aromatic carbocycles. The average Bonchev–Trinajstić information content (AvgIpc) is 3.48. The summed E-state index contributed by atoms with van der Waals surface area (Å²) in [5, 5.41) is 0. The van der Waals surface area contributed by atoms with Gasteiger partial charge in [-0.2, -0.15) is 0 Å². The minimum absolute atomic E-state index is 0.00699. The highest BCUT2D eigenvalue weighted by molar-refractivity contribution is 5.92. The molecule has 5 nitrogen and oxygen atoms in total. The first-order valence-electron chi connectivity index (χ1n) is 13.5. The number of halogens is 1. The quantitative estimate of drug-likeness (QED) is 0.506. The second kappa shape index (κ2) is 9.96. The maximum Gasteiger partial charge on any atom is 0.320 e. The summed E-state index contributed by atoms with van der Waals surface area (Å²) in [6.07, 6.45) is 4.12. The van der Waals surface area contributed by atoms with E-state index in [-0.39, 0.29) is 35.6 Å². The smallest absolute Gasteiger partial charge is 0.320 e. The Hall–Kier alpha value is -3.15. The molecule has 0 spiro atoms. The van der Waals surface area contributed by atoms with Crippen molar-refractivity contribution in [3.8, 4) is 0 Å². The van der Waals surface area contributed by atoms with E-state index in [1.54, 1.807) is 12.1 Å². The number of benzene rings is 2. The Labute approximate surface area is 219 Å². The van der Waals surface area contributed by atoms with Crippen LogP contribution in [0.4, 0.5) is 9.18 Å². The third kappa shape index (κ3) is 4.90. The molecule has 2 heterocycles. The number of carbonyl (C=O) groups excluding carboxylic acids is 2. The van der Waals surface area contributed by atoms with Crippen LogP contribution in [0, 0.1) is 38.4 Å². The predicted molar refractivity (Wildman–Crippen MR) is 144 cm³/mol. The zero-order valence-corrected chi connectivity index (χ0v) is 22.6. The maximum atomic E-state index is 14.1. The molecule has 2 amide bonds. The molecule has 5 rings (SSSR count). The monoisotopic (exact) mass is 503 g/mol. The first-order valence-corrected chi connectivity index (χ1v) is 13.5. The first kappa shape index (κ1) is 25.5. The van der Waals surface area contributed by atoms with Crippen molar-refractivity contribution >= 4 is 11.8 Å². The molecule has 0 saturated carbocycles. The third-order valence-electron chi connectivity index (χ3n) is 8.74. The number of allylic oxidation sites excluding steroid dienone is 2. The summed E-state index contributed by atoms with van der Waals surface area (Å²) in [7, 11) is 1.89. The van der Waals surface area contributed by atoms with E-state index in [0.717, 1.165) is 48.3 Å².